The van der Waals surface area contributed by atoms with E-state index < -0.39 is 12.1 Å². The van der Waals surface area contributed by atoms with Crippen LogP contribution in [-0.4, -0.2) is 64.4 Å². The van der Waals surface area contributed by atoms with Gasteiger partial charge in [-0.1, -0.05) is 6.07 Å². The van der Waals surface area contributed by atoms with Crippen molar-refractivity contribution in [3.63, 3.8) is 0 Å². The van der Waals surface area contributed by atoms with Gasteiger partial charge in [-0.3, -0.25) is 4.79 Å². The zero-order valence-electron chi connectivity index (χ0n) is 15.6. The van der Waals surface area contributed by atoms with E-state index in [0.717, 1.165) is 12.8 Å². The Morgan fingerprint density at radius 1 is 1.23 bits per heavy atom. The van der Waals surface area contributed by atoms with Crippen molar-refractivity contribution in [2.75, 3.05) is 13.2 Å². The number of ether oxygens (including phenoxy) is 2. The first-order chi connectivity index (χ1) is 14.3. The van der Waals surface area contributed by atoms with E-state index in [1.807, 2.05) is 23.1 Å². The Bertz CT molecular complexity index is 844. The Morgan fingerprint density at radius 3 is 2.60 bits per heavy atom. The summed E-state index contributed by atoms with van der Waals surface area (Å²) in [6.45, 7) is 1.29. The number of fused-ring (bicyclic) bond motifs is 1. The average Bonchev–Trinajstić information content (AvgIpc) is 3.41. The van der Waals surface area contributed by atoms with Crippen LogP contribution < -0.4 is 4.74 Å². The van der Waals surface area contributed by atoms with Crippen molar-refractivity contribution in [1.29, 1.82) is 0 Å². The van der Waals surface area contributed by atoms with Gasteiger partial charge in [0.25, 0.3) is 5.91 Å². The molecule has 2 aliphatic heterocycles. The molecule has 0 radical (unpaired) electrons. The summed E-state index contributed by atoms with van der Waals surface area (Å²) >= 11 is 0. The highest BCUT2D eigenvalue weighted by Crippen LogP contribution is 2.32. The number of alkyl halides is 3. The van der Waals surface area contributed by atoms with E-state index in [2.05, 4.69) is 4.98 Å². The molecule has 2 aliphatic rings. The number of amides is 1. The molecule has 1 amide bonds. The van der Waals surface area contributed by atoms with Crippen molar-refractivity contribution >= 4 is 11.9 Å². The van der Waals surface area contributed by atoms with Gasteiger partial charge in [0.15, 0.2) is 0 Å². The summed E-state index contributed by atoms with van der Waals surface area (Å²) in [5.41, 5.74) is 0.583. The Kier molecular flexibility index (Phi) is 6.60. The third-order valence-electron chi connectivity index (χ3n) is 4.71. The van der Waals surface area contributed by atoms with Crippen LogP contribution in [0.1, 0.15) is 23.2 Å². The number of pyridine rings is 1. The summed E-state index contributed by atoms with van der Waals surface area (Å²) < 4.78 is 48.6. The van der Waals surface area contributed by atoms with Crippen LogP contribution in [-0.2, 0) is 9.53 Å². The number of aliphatic carboxylic acids is 1. The SMILES string of the molecule is O=C(O)C(F)(F)F.O=C(c1ccoc1)N1CC[C@@H](Oc2ccccn2)[C@H]2OCC[C@@H]21. The van der Waals surface area contributed by atoms with Crippen LogP contribution in [0.5, 0.6) is 5.88 Å². The lowest BCUT2D eigenvalue weighted by Gasteiger charge is -2.40. The number of furan rings is 1. The van der Waals surface area contributed by atoms with Gasteiger partial charge in [-0.05, 0) is 18.6 Å². The first-order valence-corrected chi connectivity index (χ1v) is 9.10. The summed E-state index contributed by atoms with van der Waals surface area (Å²) in [5, 5.41) is 7.12. The van der Waals surface area contributed by atoms with Crippen molar-refractivity contribution in [3.8, 4) is 5.88 Å². The molecule has 2 aromatic rings. The molecule has 4 heterocycles. The zero-order chi connectivity index (χ0) is 21.7. The number of halogens is 3. The first-order valence-electron chi connectivity index (χ1n) is 9.10. The summed E-state index contributed by atoms with van der Waals surface area (Å²) in [7, 11) is 0. The van der Waals surface area contributed by atoms with Crippen molar-refractivity contribution in [3.05, 3.63) is 48.6 Å². The standard InChI is InChI=1S/C17H18N2O4.C2HF3O2/c20-17(12-5-9-21-11-12)19-8-4-14(16-13(19)6-10-22-16)23-15-3-1-2-7-18-15;3-2(4,5)1(6)7/h1-3,5,7,9,11,13-14,16H,4,6,8,10H2;(H,6,7)/t13-,14+,16-;/m0./s1. The number of hydrogen-bond donors (Lipinski definition) is 1. The number of hydrogen-bond acceptors (Lipinski definition) is 6. The molecule has 2 aromatic heterocycles. The third-order valence-corrected chi connectivity index (χ3v) is 4.71. The fourth-order valence-corrected chi connectivity index (χ4v) is 3.39. The van der Waals surface area contributed by atoms with Gasteiger partial charge in [-0.2, -0.15) is 13.2 Å². The van der Waals surface area contributed by atoms with Crippen LogP contribution in [0.2, 0.25) is 0 Å². The highest BCUT2D eigenvalue weighted by Gasteiger charge is 2.45. The van der Waals surface area contributed by atoms with E-state index in [0.29, 0.717) is 24.6 Å². The minimum absolute atomic E-state index is 0.00413. The van der Waals surface area contributed by atoms with Crippen molar-refractivity contribution in [1.82, 2.24) is 9.88 Å². The number of nitrogens with zero attached hydrogens (tertiary/aromatic N) is 2. The number of piperidine rings is 1. The Balaban J connectivity index is 0.000000318. The molecular weight excluding hydrogens is 409 g/mol. The van der Waals surface area contributed by atoms with Gasteiger partial charge < -0.3 is 23.9 Å². The minimum Gasteiger partial charge on any atom is -0.475 e. The molecule has 11 heteroatoms. The monoisotopic (exact) mass is 428 g/mol. The topological polar surface area (TPSA) is 102 Å². The molecule has 2 saturated heterocycles. The summed E-state index contributed by atoms with van der Waals surface area (Å²) in [6, 6.07) is 7.33. The van der Waals surface area contributed by atoms with Crippen LogP contribution >= 0.6 is 0 Å². The number of likely N-dealkylation sites (tertiary alicyclic amines) is 1. The number of carbonyl (C=O) groups excluding carboxylic acids is 1. The molecule has 2 fully saturated rings. The van der Waals surface area contributed by atoms with Gasteiger partial charge in [0.1, 0.15) is 18.5 Å². The smallest absolute Gasteiger partial charge is 0.475 e. The summed E-state index contributed by atoms with van der Waals surface area (Å²) in [5.74, 6) is -2.16. The van der Waals surface area contributed by atoms with Crippen molar-refractivity contribution in [2.24, 2.45) is 0 Å². The normalized spacial score (nSPS) is 23.2. The predicted molar refractivity (Wildman–Crippen MR) is 94.9 cm³/mol. The fraction of sp³-hybridized carbons (Fsp3) is 0.421. The molecule has 162 valence electrons. The number of carbonyl (C=O) groups is 2. The average molecular weight is 428 g/mol. The van der Waals surface area contributed by atoms with E-state index in [1.54, 1.807) is 12.3 Å². The molecule has 0 saturated carbocycles. The molecule has 3 atom stereocenters. The van der Waals surface area contributed by atoms with E-state index >= 15 is 0 Å². The Labute approximate surface area is 169 Å². The predicted octanol–water partition coefficient (Wildman–Crippen LogP) is 2.76. The van der Waals surface area contributed by atoms with E-state index in [1.165, 1.54) is 12.5 Å². The molecule has 4 rings (SSSR count). The number of aromatic nitrogens is 1. The van der Waals surface area contributed by atoms with Gasteiger partial charge >= 0.3 is 12.1 Å². The quantitative estimate of drug-likeness (QED) is 0.802. The maximum absolute atomic E-state index is 12.6. The lowest BCUT2D eigenvalue weighted by atomic mass is 9.95. The van der Waals surface area contributed by atoms with Crippen molar-refractivity contribution < 1.29 is 41.8 Å². The lowest BCUT2D eigenvalue weighted by molar-refractivity contribution is -0.192. The van der Waals surface area contributed by atoms with Gasteiger partial charge in [0.2, 0.25) is 5.88 Å². The second-order valence-electron chi connectivity index (χ2n) is 6.62. The Morgan fingerprint density at radius 2 is 2.00 bits per heavy atom. The van der Waals surface area contributed by atoms with Crippen LogP contribution in [0.3, 0.4) is 0 Å². The third kappa shape index (κ3) is 5.09. The maximum atomic E-state index is 12.6. The summed E-state index contributed by atoms with van der Waals surface area (Å²) in [6.07, 6.45) is 1.00. The first kappa shape index (κ1) is 21.6. The summed E-state index contributed by atoms with van der Waals surface area (Å²) in [4.78, 5) is 27.6. The molecule has 0 aliphatic carbocycles. The Hall–Kier alpha value is -3.08. The highest BCUT2D eigenvalue weighted by atomic mass is 19.4. The molecule has 0 spiro atoms. The number of carboxylic acid groups (broad SMARTS) is 1. The highest BCUT2D eigenvalue weighted by molar-refractivity contribution is 5.94. The maximum Gasteiger partial charge on any atom is 0.490 e. The van der Waals surface area contributed by atoms with Crippen LogP contribution in [0.25, 0.3) is 0 Å². The molecule has 0 bridgehead atoms. The molecular formula is C19H19F3N2O6. The van der Waals surface area contributed by atoms with Gasteiger partial charge in [-0.15, -0.1) is 0 Å². The molecule has 8 nitrogen and oxygen atoms in total. The van der Waals surface area contributed by atoms with Gasteiger partial charge in [-0.25, -0.2) is 9.78 Å². The number of rotatable bonds is 3. The largest absolute Gasteiger partial charge is 0.490 e. The second kappa shape index (κ2) is 9.16. The van der Waals surface area contributed by atoms with Crippen LogP contribution in [0, 0.1) is 0 Å². The van der Waals surface area contributed by atoms with E-state index in [4.69, 9.17) is 23.8 Å². The van der Waals surface area contributed by atoms with E-state index in [-0.39, 0.29) is 24.2 Å². The van der Waals surface area contributed by atoms with Gasteiger partial charge in [0, 0.05) is 31.8 Å². The van der Waals surface area contributed by atoms with Gasteiger partial charge in [0.05, 0.1) is 17.9 Å². The van der Waals surface area contributed by atoms with Crippen LogP contribution in [0.4, 0.5) is 13.2 Å². The molecule has 30 heavy (non-hydrogen) atoms. The second-order valence-corrected chi connectivity index (χ2v) is 6.62. The zero-order valence-corrected chi connectivity index (χ0v) is 15.6. The molecule has 0 unspecified atom stereocenters. The lowest BCUT2D eigenvalue weighted by Crippen LogP contribution is -2.56. The van der Waals surface area contributed by atoms with Crippen LogP contribution in [0.15, 0.2) is 47.4 Å². The minimum atomic E-state index is -5.08. The van der Waals surface area contributed by atoms with Crippen molar-refractivity contribution in [2.45, 2.75) is 37.3 Å². The van der Waals surface area contributed by atoms with E-state index in [9.17, 15) is 18.0 Å². The molecule has 0 aromatic carbocycles. The molecule has 1 N–H and O–H groups in total. The fourth-order valence-electron chi connectivity index (χ4n) is 3.39. The number of carboxylic acids is 1.